The fourth-order valence-corrected chi connectivity index (χ4v) is 5.72. The molecule has 6 N–H and O–H groups in total. The largest absolute Gasteiger partial charge is 0.384 e. The normalized spacial score (nSPS) is 14.2. The van der Waals surface area contributed by atoms with Crippen molar-refractivity contribution in [2.75, 3.05) is 11.1 Å². The van der Waals surface area contributed by atoms with Gasteiger partial charge in [0.05, 0.1) is 12.7 Å². The standard InChI is InChI=1S/C25H22N8O3S2/c26-19-9-18-14(10-29-19)8-15(37-18)11-31-23(34)17-6-7-20-30-12-16(25(36)33(17)20)32-24(35)22(28)38-21(27)13-4-2-1-3-5-13/h1-5,8-10,12,17,27-28H,6-7,11H2,(H2,26,29)(H,31,34)(H,32,35). The maximum Gasteiger partial charge on any atom is 0.280 e. The number of carbonyl (C=O) groups excluding carboxylic acids is 2. The number of nitrogens with zero attached hydrogens (tertiary/aromatic N) is 3. The molecule has 3 aromatic heterocycles. The van der Waals surface area contributed by atoms with Gasteiger partial charge in [-0.1, -0.05) is 30.3 Å². The van der Waals surface area contributed by atoms with E-state index in [1.54, 1.807) is 42.6 Å². The Morgan fingerprint density at radius 1 is 1.16 bits per heavy atom. The zero-order valence-electron chi connectivity index (χ0n) is 19.9. The first-order chi connectivity index (χ1) is 18.3. The molecule has 0 aliphatic carbocycles. The van der Waals surface area contributed by atoms with Crippen molar-refractivity contribution in [2.45, 2.75) is 25.4 Å². The molecule has 2 amide bonds. The summed E-state index contributed by atoms with van der Waals surface area (Å²) in [5.74, 6) is -0.290. The minimum atomic E-state index is -0.839. The molecule has 4 aromatic rings. The SMILES string of the molecule is N=C(SC(=N)c1ccccc1)C(=O)Nc1cnc2n(c1=O)C(C(=O)NCc1cc3cnc(N)cc3s1)CC2. The molecule has 1 aromatic carbocycles. The van der Waals surface area contributed by atoms with Gasteiger partial charge in [0.1, 0.15) is 28.4 Å². The summed E-state index contributed by atoms with van der Waals surface area (Å²) in [5, 5.41) is 22.0. The Morgan fingerprint density at radius 3 is 2.74 bits per heavy atom. The Kier molecular flexibility index (Phi) is 7.03. The summed E-state index contributed by atoms with van der Waals surface area (Å²) in [4.78, 5) is 48.1. The Hall–Kier alpha value is -4.36. The molecular formula is C25H22N8O3S2. The van der Waals surface area contributed by atoms with Crippen molar-refractivity contribution in [3.05, 3.63) is 81.5 Å². The summed E-state index contributed by atoms with van der Waals surface area (Å²) in [7, 11) is 0. The number of benzene rings is 1. The van der Waals surface area contributed by atoms with Gasteiger partial charge < -0.3 is 16.4 Å². The number of hydrogen-bond donors (Lipinski definition) is 5. The fraction of sp³-hybridized carbons (Fsp3) is 0.160. The number of nitrogens with two attached hydrogens (primary N) is 1. The van der Waals surface area contributed by atoms with Crippen LogP contribution in [0.5, 0.6) is 0 Å². The van der Waals surface area contributed by atoms with Gasteiger partial charge in [0.25, 0.3) is 11.5 Å². The van der Waals surface area contributed by atoms with Crippen LogP contribution in [0.15, 0.2) is 59.7 Å². The van der Waals surface area contributed by atoms with Gasteiger partial charge in [-0.25, -0.2) is 9.97 Å². The van der Waals surface area contributed by atoms with Gasteiger partial charge in [0.15, 0.2) is 5.04 Å². The van der Waals surface area contributed by atoms with Gasteiger partial charge in [0.2, 0.25) is 5.91 Å². The quantitative estimate of drug-likeness (QED) is 0.188. The minimum Gasteiger partial charge on any atom is -0.384 e. The van der Waals surface area contributed by atoms with E-state index < -0.39 is 22.6 Å². The highest BCUT2D eigenvalue weighted by molar-refractivity contribution is 8.28. The van der Waals surface area contributed by atoms with Crippen molar-refractivity contribution >= 4 is 66.6 Å². The third kappa shape index (κ3) is 5.19. The predicted molar refractivity (Wildman–Crippen MR) is 149 cm³/mol. The summed E-state index contributed by atoms with van der Waals surface area (Å²) >= 11 is 2.17. The van der Waals surface area contributed by atoms with Crippen LogP contribution in [-0.2, 0) is 22.6 Å². The monoisotopic (exact) mass is 546 g/mol. The van der Waals surface area contributed by atoms with Crippen LogP contribution in [0.25, 0.3) is 10.1 Å². The summed E-state index contributed by atoms with van der Waals surface area (Å²) in [6.45, 7) is 0.282. The summed E-state index contributed by atoms with van der Waals surface area (Å²) in [6.07, 6.45) is 3.76. The van der Waals surface area contributed by atoms with Crippen LogP contribution < -0.4 is 21.9 Å². The molecule has 192 valence electrons. The van der Waals surface area contributed by atoms with E-state index in [-0.39, 0.29) is 23.2 Å². The number of thiophene rings is 1. The molecule has 5 rings (SSSR count). The molecular weight excluding hydrogens is 524 g/mol. The number of amides is 2. The second-order valence-electron chi connectivity index (χ2n) is 8.48. The number of thioether (sulfide) groups is 1. The van der Waals surface area contributed by atoms with Crippen LogP contribution in [0, 0.1) is 10.8 Å². The second kappa shape index (κ2) is 10.6. The molecule has 1 aliphatic heterocycles. The molecule has 0 bridgehead atoms. The van der Waals surface area contributed by atoms with E-state index in [1.807, 2.05) is 6.07 Å². The Balaban J connectivity index is 1.26. The third-order valence-electron chi connectivity index (χ3n) is 5.93. The van der Waals surface area contributed by atoms with Gasteiger partial charge in [-0.05, 0) is 30.3 Å². The molecule has 0 saturated carbocycles. The summed E-state index contributed by atoms with van der Waals surface area (Å²) in [5.41, 5.74) is 5.61. The van der Waals surface area contributed by atoms with E-state index in [1.165, 1.54) is 22.1 Å². The van der Waals surface area contributed by atoms with Gasteiger partial charge >= 0.3 is 0 Å². The van der Waals surface area contributed by atoms with E-state index in [9.17, 15) is 14.4 Å². The van der Waals surface area contributed by atoms with Crippen molar-refractivity contribution in [3.63, 3.8) is 0 Å². The molecule has 38 heavy (non-hydrogen) atoms. The molecule has 0 spiro atoms. The number of carbonyl (C=O) groups is 2. The fourth-order valence-electron chi connectivity index (χ4n) is 4.10. The highest BCUT2D eigenvalue weighted by atomic mass is 32.2. The lowest BCUT2D eigenvalue weighted by molar-refractivity contribution is -0.124. The maximum atomic E-state index is 13.2. The number of nitrogen functional groups attached to an aromatic ring is 1. The molecule has 0 saturated heterocycles. The van der Waals surface area contributed by atoms with E-state index in [4.69, 9.17) is 16.6 Å². The number of aromatic nitrogens is 3. The average molecular weight is 547 g/mol. The lowest BCUT2D eigenvalue weighted by Crippen LogP contribution is -2.37. The van der Waals surface area contributed by atoms with Crippen molar-refractivity contribution in [3.8, 4) is 0 Å². The second-order valence-corrected chi connectivity index (χ2v) is 10.7. The molecule has 4 heterocycles. The summed E-state index contributed by atoms with van der Waals surface area (Å²) in [6, 6.07) is 11.7. The van der Waals surface area contributed by atoms with Crippen LogP contribution in [0.2, 0.25) is 0 Å². The number of pyridine rings is 1. The first kappa shape index (κ1) is 25.3. The van der Waals surface area contributed by atoms with E-state index in [0.29, 0.717) is 41.8 Å². The van der Waals surface area contributed by atoms with Gasteiger partial charge in [0, 0.05) is 33.1 Å². The Bertz CT molecular complexity index is 1650. The maximum absolute atomic E-state index is 13.2. The van der Waals surface area contributed by atoms with Crippen molar-refractivity contribution in [2.24, 2.45) is 0 Å². The van der Waals surface area contributed by atoms with Crippen LogP contribution in [0.4, 0.5) is 11.5 Å². The van der Waals surface area contributed by atoms with Gasteiger partial charge in [-0.15, -0.1) is 11.3 Å². The lowest BCUT2D eigenvalue weighted by Gasteiger charge is -2.15. The molecule has 1 unspecified atom stereocenters. The molecule has 0 fully saturated rings. The van der Waals surface area contributed by atoms with Crippen molar-refractivity contribution < 1.29 is 9.59 Å². The topological polar surface area (TPSA) is 180 Å². The number of hydrogen-bond acceptors (Lipinski definition) is 10. The minimum absolute atomic E-state index is 0.0321. The smallest absolute Gasteiger partial charge is 0.280 e. The molecule has 1 aliphatic rings. The van der Waals surface area contributed by atoms with Crippen LogP contribution in [0.1, 0.15) is 28.7 Å². The number of aryl methyl sites for hydroxylation is 1. The lowest BCUT2D eigenvalue weighted by atomic mass is 10.2. The van der Waals surface area contributed by atoms with E-state index in [2.05, 4.69) is 20.6 Å². The van der Waals surface area contributed by atoms with Gasteiger partial charge in [-0.2, -0.15) is 0 Å². The van der Waals surface area contributed by atoms with Crippen molar-refractivity contribution in [1.29, 1.82) is 10.8 Å². The third-order valence-corrected chi connectivity index (χ3v) is 7.86. The highest BCUT2D eigenvalue weighted by Crippen LogP contribution is 2.27. The number of anilines is 2. The van der Waals surface area contributed by atoms with Gasteiger partial charge in [-0.3, -0.25) is 29.8 Å². The Morgan fingerprint density at radius 2 is 1.95 bits per heavy atom. The van der Waals surface area contributed by atoms with E-state index in [0.717, 1.165) is 15.0 Å². The first-order valence-corrected chi connectivity index (χ1v) is 13.2. The predicted octanol–water partition coefficient (Wildman–Crippen LogP) is 2.91. The first-order valence-electron chi connectivity index (χ1n) is 11.5. The molecule has 1 atom stereocenters. The van der Waals surface area contributed by atoms with Crippen LogP contribution >= 0.6 is 23.1 Å². The number of nitrogens with one attached hydrogen (secondary N) is 4. The zero-order valence-corrected chi connectivity index (χ0v) is 21.5. The molecule has 0 radical (unpaired) electrons. The van der Waals surface area contributed by atoms with E-state index >= 15 is 0 Å². The average Bonchev–Trinajstić information content (AvgIpc) is 3.53. The molecule has 11 nitrogen and oxygen atoms in total. The molecule has 13 heteroatoms. The number of rotatable bonds is 5. The van der Waals surface area contributed by atoms with Crippen LogP contribution in [0.3, 0.4) is 0 Å². The van der Waals surface area contributed by atoms with Crippen molar-refractivity contribution in [1.82, 2.24) is 19.9 Å². The zero-order chi connectivity index (χ0) is 26.8. The number of fused-ring (bicyclic) bond motifs is 2. The Labute approximate surface area is 224 Å². The van der Waals surface area contributed by atoms with Crippen LogP contribution in [-0.4, -0.2) is 36.4 Å². The highest BCUT2D eigenvalue weighted by Gasteiger charge is 2.31. The summed E-state index contributed by atoms with van der Waals surface area (Å²) < 4.78 is 2.26.